The lowest BCUT2D eigenvalue weighted by molar-refractivity contribution is 0.242. The predicted molar refractivity (Wildman–Crippen MR) is 51.1 cm³/mol. The van der Waals surface area contributed by atoms with E-state index in [0.717, 1.165) is 13.0 Å². The Morgan fingerprint density at radius 2 is 2.17 bits per heavy atom. The first kappa shape index (κ1) is 10.0. The molecular formula is C10H21NO. The molecule has 1 unspecified atom stereocenters. The zero-order chi connectivity index (χ0) is 9.03. The van der Waals surface area contributed by atoms with Crippen molar-refractivity contribution >= 4 is 0 Å². The minimum Gasteiger partial charge on any atom is -0.396 e. The summed E-state index contributed by atoms with van der Waals surface area (Å²) in [4.78, 5) is 0. The maximum Gasteiger partial charge on any atom is 0.0436 e. The highest BCUT2D eigenvalue weighted by Gasteiger charge is 2.41. The summed E-state index contributed by atoms with van der Waals surface area (Å²) in [5, 5.41) is 12.3. The fraction of sp³-hybridized carbons (Fsp3) is 1.00. The van der Waals surface area contributed by atoms with Crippen LogP contribution in [0.5, 0.6) is 0 Å². The average molecular weight is 171 g/mol. The SMILES string of the molecule is CCC(C)NCC1(CCO)CC1. The highest BCUT2D eigenvalue weighted by molar-refractivity contribution is 4.94. The molecule has 2 N–H and O–H groups in total. The van der Waals surface area contributed by atoms with Gasteiger partial charge >= 0.3 is 0 Å². The van der Waals surface area contributed by atoms with Crippen molar-refractivity contribution in [2.24, 2.45) is 5.41 Å². The monoisotopic (exact) mass is 171 g/mol. The van der Waals surface area contributed by atoms with Gasteiger partial charge in [-0.3, -0.25) is 0 Å². The van der Waals surface area contributed by atoms with Crippen LogP contribution in [0.3, 0.4) is 0 Å². The molecule has 12 heavy (non-hydrogen) atoms. The van der Waals surface area contributed by atoms with Gasteiger partial charge in [0.15, 0.2) is 0 Å². The van der Waals surface area contributed by atoms with Crippen LogP contribution < -0.4 is 5.32 Å². The summed E-state index contributed by atoms with van der Waals surface area (Å²) < 4.78 is 0. The molecule has 1 aliphatic carbocycles. The van der Waals surface area contributed by atoms with Gasteiger partial charge in [-0.05, 0) is 38.0 Å². The van der Waals surface area contributed by atoms with Crippen LogP contribution in [0.15, 0.2) is 0 Å². The zero-order valence-corrected chi connectivity index (χ0v) is 8.27. The molecule has 0 spiro atoms. The van der Waals surface area contributed by atoms with Crippen molar-refractivity contribution in [3.05, 3.63) is 0 Å². The maximum absolute atomic E-state index is 8.84. The molecule has 1 aliphatic rings. The van der Waals surface area contributed by atoms with Crippen molar-refractivity contribution < 1.29 is 5.11 Å². The van der Waals surface area contributed by atoms with Crippen molar-refractivity contribution in [1.82, 2.24) is 5.32 Å². The molecular weight excluding hydrogens is 150 g/mol. The Hall–Kier alpha value is -0.0800. The molecule has 1 atom stereocenters. The average Bonchev–Trinajstić information content (AvgIpc) is 2.82. The van der Waals surface area contributed by atoms with E-state index in [1.165, 1.54) is 19.3 Å². The lowest BCUT2D eigenvalue weighted by atomic mass is 10.0. The van der Waals surface area contributed by atoms with Gasteiger partial charge in [-0.25, -0.2) is 0 Å². The summed E-state index contributed by atoms with van der Waals surface area (Å²) >= 11 is 0. The van der Waals surface area contributed by atoms with Gasteiger partial charge in [-0.1, -0.05) is 6.92 Å². The van der Waals surface area contributed by atoms with Gasteiger partial charge in [0.05, 0.1) is 0 Å². The predicted octanol–water partition coefficient (Wildman–Crippen LogP) is 1.54. The Bertz CT molecular complexity index is 132. The zero-order valence-electron chi connectivity index (χ0n) is 8.27. The Labute approximate surface area is 75.4 Å². The van der Waals surface area contributed by atoms with E-state index >= 15 is 0 Å². The molecule has 0 aliphatic heterocycles. The standard InChI is InChI=1S/C10H21NO/c1-3-9(2)11-8-10(4-5-10)6-7-12/h9,11-12H,3-8H2,1-2H3. The van der Waals surface area contributed by atoms with E-state index in [0.29, 0.717) is 18.1 Å². The fourth-order valence-electron chi connectivity index (χ4n) is 1.46. The highest BCUT2D eigenvalue weighted by atomic mass is 16.3. The maximum atomic E-state index is 8.84. The first-order valence-corrected chi connectivity index (χ1v) is 5.07. The first-order valence-electron chi connectivity index (χ1n) is 5.07. The molecule has 0 aromatic rings. The van der Waals surface area contributed by atoms with E-state index in [1.54, 1.807) is 0 Å². The van der Waals surface area contributed by atoms with Crippen molar-refractivity contribution in [3.8, 4) is 0 Å². The molecule has 2 heteroatoms. The molecule has 2 nitrogen and oxygen atoms in total. The molecule has 0 heterocycles. The molecule has 0 amide bonds. The molecule has 1 rings (SSSR count). The van der Waals surface area contributed by atoms with E-state index in [9.17, 15) is 0 Å². The van der Waals surface area contributed by atoms with E-state index in [-0.39, 0.29) is 0 Å². The summed E-state index contributed by atoms with van der Waals surface area (Å²) in [6, 6.07) is 0.626. The lowest BCUT2D eigenvalue weighted by Gasteiger charge is -2.18. The van der Waals surface area contributed by atoms with Crippen LogP contribution in [-0.4, -0.2) is 24.3 Å². The smallest absolute Gasteiger partial charge is 0.0436 e. The second kappa shape index (κ2) is 4.24. The van der Waals surface area contributed by atoms with Gasteiger partial charge in [0.25, 0.3) is 0 Å². The molecule has 72 valence electrons. The summed E-state index contributed by atoms with van der Waals surface area (Å²) in [5.74, 6) is 0. The molecule has 0 aromatic heterocycles. The Balaban J connectivity index is 2.13. The summed E-state index contributed by atoms with van der Waals surface area (Å²) in [6.45, 7) is 5.86. The molecule has 0 aromatic carbocycles. The van der Waals surface area contributed by atoms with Crippen LogP contribution >= 0.6 is 0 Å². The van der Waals surface area contributed by atoms with Crippen LogP contribution in [0.25, 0.3) is 0 Å². The van der Waals surface area contributed by atoms with Gasteiger partial charge in [-0.15, -0.1) is 0 Å². The number of aliphatic hydroxyl groups is 1. The molecule has 1 saturated carbocycles. The Morgan fingerprint density at radius 3 is 2.58 bits per heavy atom. The molecule has 1 fully saturated rings. The third kappa shape index (κ3) is 2.76. The van der Waals surface area contributed by atoms with E-state index in [2.05, 4.69) is 19.2 Å². The number of hydrogen-bond donors (Lipinski definition) is 2. The quantitative estimate of drug-likeness (QED) is 0.635. The topological polar surface area (TPSA) is 32.3 Å². The third-order valence-electron chi connectivity index (χ3n) is 3.04. The minimum atomic E-state index is 0.349. The van der Waals surface area contributed by atoms with Crippen LogP contribution in [0.1, 0.15) is 39.5 Å². The summed E-state index contributed by atoms with van der Waals surface area (Å²) in [7, 11) is 0. The van der Waals surface area contributed by atoms with Gasteiger partial charge < -0.3 is 10.4 Å². The van der Waals surface area contributed by atoms with Crippen LogP contribution in [0.2, 0.25) is 0 Å². The van der Waals surface area contributed by atoms with Gasteiger partial charge in [0.1, 0.15) is 0 Å². The third-order valence-corrected chi connectivity index (χ3v) is 3.04. The van der Waals surface area contributed by atoms with Gasteiger partial charge in [0, 0.05) is 19.2 Å². The Morgan fingerprint density at radius 1 is 1.50 bits per heavy atom. The number of nitrogens with one attached hydrogen (secondary N) is 1. The van der Waals surface area contributed by atoms with Gasteiger partial charge in [0.2, 0.25) is 0 Å². The Kier molecular flexibility index (Phi) is 3.53. The van der Waals surface area contributed by atoms with E-state index in [4.69, 9.17) is 5.11 Å². The fourth-order valence-corrected chi connectivity index (χ4v) is 1.46. The van der Waals surface area contributed by atoms with E-state index < -0.39 is 0 Å². The van der Waals surface area contributed by atoms with Crippen molar-refractivity contribution in [2.45, 2.75) is 45.6 Å². The van der Waals surface area contributed by atoms with Crippen LogP contribution in [0.4, 0.5) is 0 Å². The number of rotatable bonds is 6. The molecule has 0 radical (unpaired) electrons. The van der Waals surface area contributed by atoms with Crippen molar-refractivity contribution in [3.63, 3.8) is 0 Å². The lowest BCUT2D eigenvalue weighted by Crippen LogP contribution is -2.31. The number of hydrogen-bond acceptors (Lipinski definition) is 2. The highest BCUT2D eigenvalue weighted by Crippen LogP contribution is 2.47. The van der Waals surface area contributed by atoms with Crippen LogP contribution in [-0.2, 0) is 0 Å². The first-order chi connectivity index (χ1) is 5.72. The van der Waals surface area contributed by atoms with E-state index in [1.807, 2.05) is 0 Å². The van der Waals surface area contributed by atoms with Gasteiger partial charge in [-0.2, -0.15) is 0 Å². The summed E-state index contributed by atoms with van der Waals surface area (Å²) in [5.41, 5.74) is 0.470. The largest absolute Gasteiger partial charge is 0.396 e. The molecule has 0 bridgehead atoms. The van der Waals surface area contributed by atoms with Crippen LogP contribution in [0, 0.1) is 5.41 Å². The second-order valence-electron chi connectivity index (χ2n) is 4.16. The minimum absolute atomic E-state index is 0.349. The molecule has 0 saturated heterocycles. The normalized spacial score (nSPS) is 22.2. The van der Waals surface area contributed by atoms with Crippen molar-refractivity contribution in [1.29, 1.82) is 0 Å². The number of aliphatic hydroxyl groups excluding tert-OH is 1. The summed E-state index contributed by atoms with van der Waals surface area (Å²) in [6.07, 6.45) is 4.78. The van der Waals surface area contributed by atoms with Crippen molar-refractivity contribution in [2.75, 3.05) is 13.2 Å². The second-order valence-corrected chi connectivity index (χ2v) is 4.16.